The van der Waals surface area contributed by atoms with Crippen molar-refractivity contribution in [3.05, 3.63) is 97.7 Å². The first kappa shape index (κ1) is 19.8. The molecular weight excluding hydrogens is 380 g/mol. The molecule has 3 aromatic rings. The fourth-order valence-corrected chi connectivity index (χ4v) is 4.07. The first-order valence-corrected chi connectivity index (χ1v) is 10.0. The number of fused-ring (bicyclic) bond motifs is 1. The number of hydrogen-bond acceptors (Lipinski definition) is 4. The predicted octanol–water partition coefficient (Wildman–Crippen LogP) is 0.00140. The third kappa shape index (κ3) is 3.71. The van der Waals surface area contributed by atoms with Crippen molar-refractivity contribution >= 4 is 11.6 Å². The molecule has 2 heterocycles. The van der Waals surface area contributed by atoms with Crippen molar-refractivity contribution < 1.29 is 9.69 Å². The van der Waals surface area contributed by atoms with Crippen LogP contribution in [0.4, 0.5) is 5.82 Å². The van der Waals surface area contributed by atoms with E-state index in [1.807, 2.05) is 42.5 Å². The van der Waals surface area contributed by atoms with Crippen molar-refractivity contribution in [2.45, 2.75) is 19.5 Å². The number of nitrogens with zero attached hydrogens (tertiary/aromatic N) is 2. The Hall–Kier alpha value is -3.45. The summed E-state index contributed by atoms with van der Waals surface area (Å²) in [4.78, 5) is 39.6. The van der Waals surface area contributed by atoms with Crippen LogP contribution in [0.25, 0.3) is 0 Å². The highest BCUT2D eigenvalue weighted by molar-refractivity contribution is 6.00. The predicted molar refractivity (Wildman–Crippen MR) is 115 cm³/mol. The van der Waals surface area contributed by atoms with Crippen molar-refractivity contribution in [1.29, 1.82) is 0 Å². The van der Waals surface area contributed by atoms with E-state index in [1.54, 1.807) is 0 Å². The molecule has 0 spiro atoms. The number of quaternary nitrogens is 1. The second-order valence-corrected chi connectivity index (χ2v) is 7.77. The van der Waals surface area contributed by atoms with Crippen LogP contribution in [0.5, 0.6) is 0 Å². The molecular formula is C23H25N4O3+. The highest BCUT2D eigenvalue weighted by Crippen LogP contribution is 2.12. The van der Waals surface area contributed by atoms with Gasteiger partial charge in [0.2, 0.25) is 5.78 Å². The molecule has 3 N–H and O–H groups in total. The van der Waals surface area contributed by atoms with Crippen LogP contribution < -0.4 is 21.9 Å². The van der Waals surface area contributed by atoms with Crippen LogP contribution in [-0.4, -0.2) is 28.0 Å². The van der Waals surface area contributed by atoms with E-state index in [-0.39, 0.29) is 30.3 Å². The number of Topliss-reactive ketones (excluding diaryl/α,β-unsaturated/α-hetero) is 1. The lowest BCUT2D eigenvalue weighted by Crippen LogP contribution is -3.12. The van der Waals surface area contributed by atoms with Crippen molar-refractivity contribution in [3.8, 4) is 0 Å². The summed E-state index contributed by atoms with van der Waals surface area (Å²) in [6.07, 6.45) is 0.889. The number of carbonyl (C=O) groups is 1. The van der Waals surface area contributed by atoms with Gasteiger partial charge in [0.05, 0.1) is 13.1 Å². The molecule has 0 aliphatic carbocycles. The molecule has 0 radical (unpaired) electrons. The van der Waals surface area contributed by atoms with Crippen LogP contribution in [0.15, 0.2) is 64.2 Å². The molecule has 0 amide bonds. The van der Waals surface area contributed by atoms with Crippen LogP contribution in [0.2, 0.25) is 0 Å². The Labute approximate surface area is 174 Å². The number of nitrogens with two attached hydrogens (primary N) is 1. The van der Waals surface area contributed by atoms with Crippen LogP contribution in [0.1, 0.15) is 27.0 Å². The Bertz CT molecular complexity index is 1210. The van der Waals surface area contributed by atoms with Crippen molar-refractivity contribution in [2.75, 3.05) is 18.8 Å². The van der Waals surface area contributed by atoms with Crippen molar-refractivity contribution in [2.24, 2.45) is 7.05 Å². The van der Waals surface area contributed by atoms with Gasteiger partial charge in [0, 0.05) is 19.0 Å². The third-order valence-corrected chi connectivity index (χ3v) is 5.76. The van der Waals surface area contributed by atoms with Crippen LogP contribution in [0.3, 0.4) is 0 Å². The van der Waals surface area contributed by atoms with Gasteiger partial charge in [0.1, 0.15) is 24.5 Å². The van der Waals surface area contributed by atoms with Crippen LogP contribution in [0, 0.1) is 0 Å². The fraction of sp³-hybridized carbons (Fsp3) is 0.261. The van der Waals surface area contributed by atoms with E-state index in [0.717, 1.165) is 34.5 Å². The average molecular weight is 405 g/mol. The number of benzene rings is 2. The maximum atomic E-state index is 13.1. The van der Waals surface area contributed by atoms with E-state index in [2.05, 4.69) is 12.1 Å². The summed E-state index contributed by atoms with van der Waals surface area (Å²) in [6.45, 7) is 1.90. The molecule has 0 saturated carbocycles. The van der Waals surface area contributed by atoms with Gasteiger partial charge in [-0.3, -0.25) is 18.7 Å². The van der Waals surface area contributed by atoms with E-state index < -0.39 is 11.2 Å². The minimum atomic E-state index is -0.636. The lowest BCUT2D eigenvalue weighted by Gasteiger charge is -2.25. The standard InChI is InChI=1S/C23H24N4O3/c1-25-22(29)20(21(24)27(23(25)30)13-16-7-3-2-4-8-16)19(28)15-26-12-11-17-9-5-6-10-18(17)14-26/h2-10H,11-15,24H2,1H3/p+1. The molecule has 30 heavy (non-hydrogen) atoms. The molecule has 1 aliphatic heterocycles. The number of nitrogens with one attached hydrogen (secondary N) is 1. The minimum Gasteiger partial charge on any atom is -0.384 e. The number of hydrogen-bond donors (Lipinski definition) is 2. The highest BCUT2D eigenvalue weighted by Gasteiger charge is 2.27. The SMILES string of the molecule is Cn1c(=O)c(C(=O)C[NH+]2CCc3ccccc3C2)c(N)n(Cc2ccccc2)c1=O. The largest absolute Gasteiger partial charge is 0.384 e. The Morgan fingerprint density at radius 1 is 1.03 bits per heavy atom. The summed E-state index contributed by atoms with van der Waals surface area (Å²) in [6, 6.07) is 17.6. The summed E-state index contributed by atoms with van der Waals surface area (Å²) >= 11 is 0. The first-order chi connectivity index (χ1) is 14.5. The summed E-state index contributed by atoms with van der Waals surface area (Å²) in [5.41, 5.74) is 8.33. The van der Waals surface area contributed by atoms with Gasteiger partial charge in [0.15, 0.2) is 0 Å². The maximum absolute atomic E-state index is 13.1. The molecule has 0 saturated heterocycles. The zero-order chi connectivity index (χ0) is 21.3. The highest BCUT2D eigenvalue weighted by atomic mass is 16.2. The fourth-order valence-electron chi connectivity index (χ4n) is 4.07. The number of carbonyl (C=O) groups excluding carboxylic acids is 1. The van der Waals surface area contributed by atoms with E-state index in [1.165, 1.54) is 22.7 Å². The molecule has 1 atom stereocenters. The average Bonchev–Trinajstić information content (AvgIpc) is 2.76. The molecule has 1 unspecified atom stereocenters. The van der Waals surface area contributed by atoms with Crippen LogP contribution >= 0.6 is 0 Å². The van der Waals surface area contributed by atoms with Crippen molar-refractivity contribution in [3.63, 3.8) is 0 Å². The third-order valence-electron chi connectivity index (χ3n) is 5.76. The maximum Gasteiger partial charge on any atom is 0.332 e. The summed E-state index contributed by atoms with van der Waals surface area (Å²) in [5.74, 6) is -0.391. The van der Waals surface area contributed by atoms with Gasteiger partial charge in [-0.15, -0.1) is 0 Å². The minimum absolute atomic E-state index is 0.0613. The molecule has 2 aromatic carbocycles. The quantitative estimate of drug-likeness (QED) is 0.585. The summed E-state index contributed by atoms with van der Waals surface area (Å²) in [7, 11) is 1.38. The lowest BCUT2D eigenvalue weighted by molar-refractivity contribution is -0.907. The van der Waals surface area contributed by atoms with Gasteiger partial charge >= 0.3 is 5.69 Å². The van der Waals surface area contributed by atoms with E-state index >= 15 is 0 Å². The lowest BCUT2D eigenvalue weighted by atomic mass is 9.99. The normalized spacial score (nSPS) is 15.6. The van der Waals surface area contributed by atoms with Crippen LogP contribution in [-0.2, 0) is 26.6 Å². The van der Waals surface area contributed by atoms with E-state index in [9.17, 15) is 14.4 Å². The Balaban J connectivity index is 1.64. The number of rotatable bonds is 5. The number of anilines is 1. The number of ketones is 1. The Kier molecular flexibility index (Phi) is 5.37. The number of aromatic nitrogens is 2. The monoisotopic (exact) mass is 405 g/mol. The molecule has 1 aromatic heterocycles. The Morgan fingerprint density at radius 3 is 2.43 bits per heavy atom. The molecule has 0 bridgehead atoms. The van der Waals surface area contributed by atoms with E-state index in [0.29, 0.717) is 0 Å². The van der Waals surface area contributed by atoms with Gasteiger partial charge in [-0.1, -0.05) is 54.6 Å². The summed E-state index contributed by atoms with van der Waals surface area (Å²) in [5, 5.41) is 0. The molecule has 154 valence electrons. The second-order valence-electron chi connectivity index (χ2n) is 7.77. The summed E-state index contributed by atoms with van der Waals surface area (Å²) < 4.78 is 2.26. The zero-order valence-corrected chi connectivity index (χ0v) is 16.9. The van der Waals surface area contributed by atoms with E-state index in [4.69, 9.17) is 5.73 Å². The molecule has 4 rings (SSSR count). The zero-order valence-electron chi connectivity index (χ0n) is 16.9. The molecule has 7 heteroatoms. The number of nitrogen functional groups attached to an aromatic ring is 1. The van der Waals surface area contributed by atoms with Gasteiger partial charge < -0.3 is 10.6 Å². The first-order valence-electron chi connectivity index (χ1n) is 10.0. The van der Waals surface area contributed by atoms with Gasteiger partial charge in [-0.25, -0.2) is 4.79 Å². The van der Waals surface area contributed by atoms with Gasteiger partial charge in [-0.2, -0.15) is 0 Å². The second kappa shape index (κ2) is 8.12. The van der Waals surface area contributed by atoms with Gasteiger partial charge in [0.25, 0.3) is 5.56 Å². The topological polar surface area (TPSA) is 91.5 Å². The molecule has 7 nitrogen and oxygen atoms in total. The smallest absolute Gasteiger partial charge is 0.332 e. The molecule has 0 fully saturated rings. The molecule has 1 aliphatic rings. The Morgan fingerprint density at radius 2 is 1.70 bits per heavy atom. The van der Waals surface area contributed by atoms with Crippen molar-refractivity contribution in [1.82, 2.24) is 9.13 Å². The van der Waals surface area contributed by atoms with Gasteiger partial charge in [-0.05, 0) is 11.1 Å².